The molecule has 0 atom stereocenters. The van der Waals surface area contributed by atoms with Gasteiger partial charge in [0.25, 0.3) is 0 Å². The van der Waals surface area contributed by atoms with Crippen molar-refractivity contribution < 1.29 is 17.9 Å². The van der Waals surface area contributed by atoms with Gasteiger partial charge in [-0.15, -0.1) is 0 Å². The maximum atomic E-state index is 12.5. The first-order valence-corrected chi connectivity index (χ1v) is 11.8. The molecule has 0 aromatic heterocycles. The molecule has 1 amide bonds. The number of carbonyl (C=O) groups is 1. The average Bonchev–Trinajstić information content (AvgIpc) is 2.73. The standard InChI is InChI=1S/C22H20Cl2N2O4S/c1-31(28,29)26(14-22(27)25-21-13-17(23)7-12-20(21)24)18-8-10-19(11-9-18)30-15-16-5-3-2-4-6-16/h2-13H,14-15H2,1H3,(H,25,27). The molecule has 0 bridgehead atoms. The third-order valence-corrected chi connectivity index (χ3v) is 5.97. The van der Waals surface area contributed by atoms with Crippen LogP contribution in [0.15, 0.2) is 72.8 Å². The zero-order valence-electron chi connectivity index (χ0n) is 16.6. The topological polar surface area (TPSA) is 75.7 Å². The van der Waals surface area contributed by atoms with Crippen LogP contribution in [-0.2, 0) is 21.4 Å². The van der Waals surface area contributed by atoms with Gasteiger partial charge in [0.1, 0.15) is 18.9 Å². The summed E-state index contributed by atoms with van der Waals surface area (Å²) in [5.74, 6) is 0.0233. The number of anilines is 2. The second-order valence-corrected chi connectivity index (χ2v) is 9.46. The van der Waals surface area contributed by atoms with Crippen molar-refractivity contribution in [2.45, 2.75) is 6.61 Å². The minimum Gasteiger partial charge on any atom is -0.489 e. The van der Waals surface area contributed by atoms with Crippen molar-refractivity contribution >= 4 is 50.5 Å². The molecule has 0 radical (unpaired) electrons. The summed E-state index contributed by atoms with van der Waals surface area (Å²) in [5.41, 5.74) is 1.65. The Balaban J connectivity index is 1.70. The lowest BCUT2D eigenvalue weighted by Crippen LogP contribution is -2.37. The summed E-state index contributed by atoms with van der Waals surface area (Å²) < 4.78 is 31.3. The molecule has 1 N–H and O–H groups in total. The fourth-order valence-electron chi connectivity index (χ4n) is 2.76. The van der Waals surface area contributed by atoms with Crippen molar-refractivity contribution in [2.75, 3.05) is 22.4 Å². The van der Waals surface area contributed by atoms with Gasteiger partial charge in [-0.25, -0.2) is 8.42 Å². The van der Waals surface area contributed by atoms with Crippen LogP contribution in [-0.4, -0.2) is 27.1 Å². The second kappa shape index (κ2) is 10.0. The number of nitrogens with one attached hydrogen (secondary N) is 1. The normalized spacial score (nSPS) is 11.1. The molecular weight excluding hydrogens is 459 g/mol. The van der Waals surface area contributed by atoms with E-state index in [4.69, 9.17) is 27.9 Å². The number of benzene rings is 3. The highest BCUT2D eigenvalue weighted by atomic mass is 35.5. The summed E-state index contributed by atoms with van der Waals surface area (Å²) in [6, 6.07) is 20.8. The monoisotopic (exact) mass is 478 g/mol. The van der Waals surface area contributed by atoms with Gasteiger partial charge in [-0.2, -0.15) is 0 Å². The van der Waals surface area contributed by atoms with Crippen LogP contribution in [0.1, 0.15) is 5.56 Å². The highest BCUT2D eigenvalue weighted by Gasteiger charge is 2.21. The predicted molar refractivity (Wildman–Crippen MR) is 124 cm³/mol. The number of hydrogen-bond acceptors (Lipinski definition) is 4. The van der Waals surface area contributed by atoms with Crippen molar-refractivity contribution in [2.24, 2.45) is 0 Å². The van der Waals surface area contributed by atoms with Gasteiger partial charge < -0.3 is 10.1 Å². The van der Waals surface area contributed by atoms with E-state index in [0.717, 1.165) is 16.1 Å². The summed E-state index contributed by atoms with van der Waals surface area (Å²) in [7, 11) is -3.72. The molecule has 0 saturated heterocycles. The first kappa shape index (κ1) is 22.9. The second-order valence-electron chi connectivity index (χ2n) is 6.71. The van der Waals surface area contributed by atoms with E-state index < -0.39 is 22.5 Å². The lowest BCUT2D eigenvalue weighted by molar-refractivity contribution is -0.114. The molecule has 0 heterocycles. The highest BCUT2D eigenvalue weighted by Crippen LogP contribution is 2.26. The van der Waals surface area contributed by atoms with Gasteiger partial charge >= 0.3 is 0 Å². The number of rotatable bonds is 8. The van der Waals surface area contributed by atoms with Gasteiger partial charge in [-0.05, 0) is 48.0 Å². The van der Waals surface area contributed by atoms with E-state index in [9.17, 15) is 13.2 Å². The van der Waals surface area contributed by atoms with E-state index in [1.807, 2.05) is 30.3 Å². The van der Waals surface area contributed by atoms with Gasteiger partial charge in [-0.3, -0.25) is 9.10 Å². The molecule has 0 saturated carbocycles. The molecule has 3 aromatic carbocycles. The highest BCUT2D eigenvalue weighted by molar-refractivity contribution is 7.92. The SMILES string of the molecule is CS(=O)(=O)N(CC(=O)Nc1cc(Cl)ccc1Cl)c1ccc(OCc2ccccc2)cc1. The summed E-state index contributed by atoms with van der Waals surface area (Å²) in [5, 5.41) is 3.28. The molecule has 0 aliphatic heterocycles. The Morgan fingerprint density at radius 3 is 2.32 bits per heavy atom. The number of amides is 1. The lowest BCUT2D eigenvalue weighted by Gasteiger charge is -2.22. The van der Waals surface area contributed by atoms with E-state index in [2.05, 4.69) is 5.32 Å². The molecule has 31 heavy (non-hydrogen) atoms. The maximum absolute atomic E-state index is 12.5. The molecule has 3 aromatic rings. The molecule has 0 unspecified atom stereocenters. The van der Waals surface area contributed by atoms with Crippen LogP contribution >= 0.6 is 23.2 Å². The van der Waals surface area contributed by atoms with E-state index in [1.165, 1.54) is 6.07 Å². The predicted octanol–water partition coefficient (Wildman–Crippen LogP) is 4.98. The molecule has 0 aliphatic rings. The minimum atomic E-state index is -3.72. The molecular formula is C22H20Cl2N2O4S. The van der Waals surface area contributed by atoms with E-state index in [0.29, 0.717) is 33.8 Å². The first-order chi connectivity index (χ1) is 14.7. The van der Waals surface area contributed by atoms with Gasteiger partial charge in [0, 0.05) is 5.02 Å². The Morgan fingerprint density at radius 1 is 1.00 bits per heavy atom. The van der Waals surface area contributed by atoms with E-state index in [-0.39, 0.29) is 0 Å². The zero-order valence-corrected chi connectivity index (χ0v) is 18.9. The minimum absolute atomic E-state index is 0.295. The molecule has 0 spiro atoms. The van der Waals surface area contributed by atoms with Crippen molar-refractivity contribution in [3.63, 3.8) is 0 Å². The zero-order chi connectivity index (χ0) is 22.4. The number of halogens is 2. The smallest absolute Gasteiger partial charge is 0.245 e. The van der Waals surface area contributed by atoms with Crippen LogP contribution in [0, 0.1) is 0 Å². The Bertz CT molecular complexity index is 1150. The number of nitrogens with zero attached hydrogens (tertiary/aromatic N) is 1. The van der Waals surface area contributed by atoms with Crippen LogP contribution in [0.4, 0.5) is 11.4 Å². The Kier molecular flexibility index (Phi) is 7.43. The molecule has 9 heteroatoms. The van der Waals surface area contributed by atoms with Gasteiger partial charge in [0.05, 0.1) is 22.7 Å². The fourth-order valence-corrected chi connectivity index (χ4v) is 3.96. The fraction of sp³-hybridized carbons (Fsp3) is 0.136. The van der Waals surface area contributed by atoms with Crippen LogP contribution < -0.4 is 14.4 Å². The third-order valence-electron chi connectivity index (χ3n) is 4.26. The Hall–Kier alpha value is -2.74. The van der Waals surface area contributed by atoms with Crippen molar-refractivity contribution in [1.29, 1.82) is 0 Å². The van der Waals surface area contributed by atoms with Crippen LogP contribution in [0.25, 0.3) is 0 Å². The molecule has 0 aliphatic carbocycles. The molecule has 6 nitrogen and oxygen atoms in total. The number of hydrogen-bond donors (Lipinski definition) is 1. The molecule has 3 rings (SSSR count). The van der Waals surface area contributed by atoms with Gasteiger partial charge in [0.15, 0.2) is 0 Å². The van der Waals surface area contributed by atoms with Crippen LogP contribution in [0.2, 0.25) is 10.0 Å². The Morgan fingerprint density at radius 2 is 1.68 bits per heavy atom. The Labute approximate surface area is 191 Å². The van der Waals surface area contributed by atoms with Gasteiger partial charge in [-0.1, -0.05) is 53.5 Å². The van der Waals surface area contributed by atoms with Crippen LogP contribution in [0.3, 0.4) is 0 Å². The largest absolute Gasteiger partial charge is 0.489 e. The quantitative estimate of drug-likeness (QED) is 0.495. The number of carbonyl (C=O) groups excluding carboxylic acids is 1. The summed E-state index contributed by atoms with van der Waals surface area (Å²) in [6.45, 7) is -0.0370. The van der Waals surface area contributed by atoms with Crippen molar-refractivity contribution in [1.82, 2.24) is 0 Å². The first-order valence-electron chi connectivity index (χ1n) is 9.22. The number of sulfonamides is 1. The van der Waals surface area contributed by atoms with Crippen molar-refractivity contribution in [3.05, 3.63) is 88.4 Å². The van der Waals surface area contributed by atoms with Gasteiger partial charge in [0.2, 0.25) is 15.9 Å². The van der Waals surface area contributed by atoms with E-state index in [1.54, 1.807) is 36.4 Å². The average molecular weight is 479 g/mol. The molecule has 0 fully saturated rings. The van der Waals surface area contributed by atoms with Crippen LogP contribution in [0.5, 0.6) is 5.75 Å². The lowest BCUT2D eigenvalue weighted by atomic mass is 10.2. The summed E-state index contributed by atoms with van der Waals surface area (Å²) in [6.07, 6.45) is 1.03. The van der Waals surface area contributed by atoms with E-state index >= 15 is 0 Å². The maximum Gasteiger partial charge on any atom is 0.245 e. The molecule has 162 valence electrons. The summed E-state index contributed by atoms with van der Waals surface area (Å²) in [4.78, 5) is 12.5. The third kappa shape index (κ3) is 6.62. The van der Waals surface area contributed by atoms with Crippen molar-refractivity contribution in [3.8, 4) is 5.75 Å². The number of ether oxygens (including phenoxy) is 1. The summed E-state index contributed by atoms with van der Waals surface area (Å²) >= 11 is 12.0.